The van der Waals surface area contributed by atoms with Gasteiger partial charge in [0.25, 0.3) is 10.0 Å². The van der Waals surface area contributed by atoms with E-state index >= 15 is 0 Å². The molecule has 0 atom stereocenters. The molecule has 1 aliphatic rings. The van der Waals surface area contributed by atoms with Gasteiger partial charge in [-0.3, -0.25) is 9.52 Å². The van der Waals surface area contributed by atoms with Crippen molar-refractivity contribution in [1.29, 1.82) is 0 Å². The molecule has 1 fully saturated rings. The van der Waals surface area contributed by atoms with Gasteiger partial charge in [-0.1, -0.05) is 6.07 Å². The molecule has 2 N–H and O–H groups in total. The number of nitrogens with one attached hydrogen (secondary N) is 2. The summed E-state index contributed by atoms with van der Waals surface area (Å²) < 4.78 is 80.3. The molecule has 0 heterocycles. The third-order valence-electron chi connectivity index (χ3n) is 5.50. The summed E-state index contributed by atoms with van der Waals surface area (Å²) in [7, 11) is -2.59. The van der Waals surface area contributed by atoms with Gasteiger partial charge in [-0.25, -0.2) is 8.42 Å². The number of ether oxygens (including phenoxy) is 3. The summed E-state index contributed by atoms with van der Waals surface area (Å²) >= 11 is 0. The first-order chi connectivity index (χ1) is 16.5. The van der Waals surface area contributed by atoms with Gasteiger partial charge in [0.1, 0.15) is 16.4 Å². The summed E-state index contributed by atoms with van der Waals surface area (Å²) in [6, 6.07) is 8.57. The minimum absolute atomic E-state index is 0.0106. The Bertz CT molecular complexity index is 1130. The van der Waals surface area contributed by atoms with E-state index in [9.17, 15) is 26.4 Å². The first-order valence-electron chi connectivity index (χ1n) is 11.0. The van der Waals surface area contributed by atoms with Crippen LogP contribution in [0, 0.1) is 5.92 Å². The molecule has 1 aliphatic carbocycles. The second-order valence-electron chi connectivity index (χ2n) is 7.97. The second kappa shape index (κ2) is 11.2. The molecule has 0 radical (unpaired) electrons. The zero-order valence-corrected chi connectivity index (χ0v) is 20.0. The summed E-state index contributed by atoms with van der Waals surface area (Å²) in [5, 5.41) is 2.80. The summed E-state index contributed by atoms with van der Waals surface area (Å²) in [6.07, 6.45) is -1.80. The van der Waals surface area contributed by atoms with E-state index in [0.717, 1.165) is 25.0 Å². The Morgan fingerprint density at radius 2 is 1.77 bits per heavy atom. The van der Waals surface area contributed by atoms with Crippen LogP contribution in [0.15, 0.2) is 47.4 Å². The molecular weight excluding hydrogens is 489 g/mol. The maximum atomic E-state index is 13.0. The van der Waals surface area contributed by atoms with E-state index in [4.69, 9.17) is 9.47 Å². The largest absolute Gasteiger partial charge is 0.573 e. The number of sulfonamides is 1. The van der Waals surface area contributed by atoms with Gasteiger partial charge < -0.3 is 19.5 Å². The van der Waals surface area contributed by atoms with Crippen LogP contribution in [0.1, 0.15) is 32.6 Å². The summed E-state index contributed by atoms with van der Waals surface area (Å²) in [6.45, 7) is 1.82. The normalized spacial score (nSPS) is 18.5. The van der Waals surface area contributed by atoms with E-state index in [-0.39, 0.29) is 40.9 Å². The van der Waals surface area contributed by atoms with Crippen molar-refractivity contribution in [3.63, 3.8) is 0 Å². The molecule has 1 saturated carbocycles. The Morgan fingerprint density at radius 3 is 2.40 bits per heavy atom. The molecule has 1 amide bonds. The van der Waals surface area contributed by atoms with Crippen LogP contribution in [-0.2, 0) is 19.6 Å². The topological polar surface area (TPSA) is 103 Å². The van der Waals surface area contributed by atoms with E-state index in [2.05, 4.69) is 14.8 Å². The van der Waals surface area contributed by atoms with Crippen LogP contribution in [0.4, 0.5) is 24.5 Å². The highest BCUT2D eigenvalue weighted by molar-refractivity contribution is 7.92. The van der Waals surface area contributed by atoms with Gasteiger partial charge in [-0.15, -0.1) is 13.2 Å². The second-order valence-corrected chi connectivity index (χ2v) is 9.63. The highest BCUT2D eigenvalue weighted by atomic mass is 32.2. The van der Waals surface area contributed by atoms with Crippen LogP contribution in [0.5, 0.6) is 11.5 Å². The Labute approximate surface area is 201 Å². The smallest absolute Gasteiger partial charge is 0.492 e. The van der Waals surface area contributed by atoms with Gasteiger partial charge in [-0.2, -0.15) is 0 Å². The maximum absolute atomic E-state index is 13.0. The highest BCUT2D eigenvalue weighted by Crippen LogP contribution is 2.32. The lowest BCUT2D eigenvalue weighted by Gasteiger charge is -2.26. The average Bonchev–Trinajstić information content (AvgIpc) is 2.78. The van der Waals surface area contributed by atoms with Crippen LogP contribution in [-0.4, -0.2) is 40.5 Å². The molecule has 0 bridgehead atoms. The average molecular weight is 517 g/mol. The number of rotatable bonds is 9. The molecule has 192 valence electrons. The molecule has 0 saturated heterocycles. The summed E-state index contributed by atoms with van der Waals surface area (Å²) in [4.78, 5) is 12.4. The Balaban J connectivity index is 1.76. The van der Waals surface area contributed by atoms with E-state index in [1.807, 2.05) is 0 Å². The molecule has 0 unspecified atom stereocenters. The fourth-order valence-corrected chi connectivity index (χ4v) is 5.03. The van der Waals surface area contributed by atoms with E-state index in [1.165, 1.54) is 30.3 Å². The molecule has 8 nitrogen and oxygen atoms in total. The molecule has 2 aromatic rings. The van der Waals surface area contributed by atoms with Gasteiger partial charge in [0.2, 0.25) is 5.91 Å². The first-order valence-corrected chi connectivity index (χ1v) is 12.5. The number of alkyl halides is 3. The fourth-order valence-electron chi connectivity index (χ4n) is 3.85. The number of halogens is 3. The molecule has 3 rings (SSSR count). The lowest BCUT2D eigenvalue weighted by atomic mass is 9.87. The van der Waals surface area contributed by atoms with E-state index in [0.29, 0.717) is 18.5 Å². The van der Waals surface area contributed by atoms with Crippen molar-refractivity contribution in [3.05, 3.63) is 42.5 Å². The number of anilines is 2. The van der Waals surface area contributed by atoms with Crippen molar-refractivity contribution in [1.82, 2.24) is 0 Å². The van der Waals surface area contributed by atoms with Gasteiger partial charge in [-0.05, 0) is 56.9 Å². The van der Waals surface area contributed by atoms with Gasteiger partial charge in [0.05, 0.1) is 18.4 Å². The summed E-state index contributed by atoms with van der Waals surface area (Å²) in [5.74, 6) is -0.922. The number of benzene rings is 2. The molecule has 35 heavy (non-hydrogen) atoms. The lowest BCUT2D eigenvalue weighted by Crippen LogP contribution is -2.29. The molecule has 2 aromatic carbocycles. The Morgan fingerprint density at radius 1 is 1.06 bits per heavy atom. The predicted molar refractivity (Wildman–Crippen MR) is 123 cm³/mol. The predicted octanol–water partition coefficient (Wildman–Crippen LogP) is 4.93. The van der Waals surface area contributed by atoms with Crippen molar-refractivity contribution in [2.45, 2.75) is 50.0 Å². The standard InChI is InChI=1S/C23H27F3N2O6S/c1-3-33-20-14-16(27-22(29)15-7-10-18(32-2)11-8-15)9-12-21(20)35(30,31)28-17-5-4-6-19(13-17)34-23(24,25)26/h4-6,9,12-15,18,28H,3,7-8,10-11H2,1-2H3,(H,27,29)/t15-,18+. The number of hydrogen-bond acceptors (Lipinski definition) is 6. The monoisotopic (exact) mass is 516 g/mol. The fraction of sp³-hybridized carbons (Fsp3) is 0.435. The molecule has 0 spiro atoms. The van der Waals surface area contributed by atoms with Gasteiger partial charge in [0, 0.05) is 30.8 Å². The number of hydrogen-bond donors (Lipinski definition) is 2. The van der Waals surface area contributed by atoms with Gasteiger partial charge in [0.15, 0.2) is 0 Å². The SMILES string of the molecule is CCOc1cc(NC(=O)[C@H]2CC[C@@H](OC)CC2)ccc1S(=O)(=O)Nc1cccc(OC(F)(F)F)c1. The quantitative estimate of drug-likeness (QED) is 0.490. The molecule has 0 aliphatic heterocycles. The van der Waals surface area contributed by atoms with E-state index in [1.54, 1.807) is 14.0 Å². The maximum Gasteiger partial charge on any atom is 0.573 e. The number of carbonyl (C=O) groups is 1. The summed E-state index contributed by atoms with van der Waals surface area (Å²) in [5.41, 5.74) is 0.241. The van der Waals surface area contributed by atoms with Crippen molar-refractivity contribution >= 4 is 27.3 Å². The zero-order chi connectivity index (χ0) is 25.6. The molecule has 12 heteroatoms. The van der Waals surface area contributed by atoms with Crippen molar-refractivity contribution in [3.8, 4) is 11.5 Å². The number of carbonyl (C=O) groups excluding carboxylic acids is 1. The van der Waals surface area contributed by atoms with Crippen LogP contribution in [0.25, 0.3) is 0 Å². The first kappa shape index (κ1) is 26.6. The third kappa shape index (κ3) is 7.49. The number of methoxy groups -OCH3 is 1. The van der Waals surface area contributed by atoms with Crippen LogP contribution in [0.3, 0.4) is 0 Å². The van der Waals surface area contributed by atoms with E-state index < -0.39 is 22.1 Å². The third-order valence-corrected chi connectivity index (χ3v) is 6.92. The van der Waals surface area contributed by atoms with Crippen LogP contribution >= 0.6 is 0 Å². The lowest BCUT2D eigenvalue weighted by molar-refractivity contribution is -0.274. The van der Waals surface area contributed by atoms with Crippen LogP contribution < -0.4 is 19.5 Å². The van der Waals surface area contributed by atoms with Gasteiger partial charge >= 0.3 is 6.36 Å². The number of amides is 1. The minimum Gasteiger partial charge on any atom is -0.492 e. The zero-order valence-electron chi connectivity index (χ0n) is 19.2. The van der Waals surface area contributed by atoms with Crippen molar-refractivity contribution in [2.24, 2.45) is 5.92 Å². The minimum atomic E-state index is -4.91. The van der Waals surface area contributed by atoms with Crippen molar-refractivity contribution < 1.29 is 40.6 Å². The Hall–Kier alpha value is -2.99. The molecular formula is C23H27F3N2O6S. The molecule has 0 aromatic heterocycles. The highest BCUT2D eigenvalue weighted by Gasteiger charge is 2.31. The Kier molecular flexibility index (Phi) is 8.49. The van der Waals surface area contributed by atoms with Crippen LogP contribution in [0.2, 0.25) is 0 Å². The van der Waals surface area contributed by atoms with Crippen molar-refractivity contribution in [2.75, 3.05) is 23.8 Å².